The number of amides is 1. The van der Waals surface area contributed by atoms with Gasteiger partial charge in [-0.3, -0.25) is 4.79 Å². The molecule has 0 bridgehead atoms. The van der Waals surface area contributed by atoms with Gasteiger partial charge in [0, 0.05) is 24.4 Å². The van der Waals surface area contributed by atoms with Gasteiger partial charge >= 0.3 is 6.18 Å². The van der Waals surface area contributed by atoms with Gasteiger partial charge in [-0.25, -0.2) is 0 Å². The standard InChI is InChI=1S/C20H21F3N2O.ClH/c21-20(22,23)16-8-4-7-15(11-16)19(9-10-19)13-25-18(26)12-17(24)14-5-2-1-3-6-14;/h1-8,11,17H,9-10,12-13,24H2,(H,25,26);1H. The fourth-order valence-electron chi connectivity index (χ4n) is 3.10. The molecule has 1 unspecified atom stereocenters. The molecule has 1 atom stereocenters. The molecule has 0 heterocycles. The Balaban J connectivity index is 0.00000261. The molecule has 0 saturated heterocycles. The van der Waals surface area contributed by atoms with E-state index in [2.05, 4.69) is 5.32 Å². The van der Waals surface area contributed by atoms with E-state index >= 15 is 0 Å². The van der Waals surface area contributed by atoms with Crippen LogP contribution in [0.2, 0.25) is 0 Å². The SMILES string of the molecule is Cl.NC(CC(=O)NCC1(c2cccc(C(F)(F)F)c2)CC1)c1ccccc1. The molecule has 3 nitrogen and oxygen atoms in total. The van der Waals surface area contributed by atoms with Crippen molar-refractivity contribution in [3.8, 4) is 0 Å². The van der Waals surface area contributed by atoms with Crippen molar-refractivity contribution in [1.29, 1.82) is 0 Å². The van der Waals surface area contributed by atoms with Crippen LogP contribution in [0.5, 0.6) is 0 Å². The Morgan fingerprint density at radius 2 is 1.78 bits per heavy atom. The number of hydrogen-bond acceptors (Lipinski definition) is 2. The van der Waals surface area contributed by atoms with Gasteiger partial charge in [-0.1, -0.05) is 48.5 Å². The zero-order chi connectivity index (χ0) is 18.8. The molecule has 2 aromatic rings. The molecule has 1 aliphatic rings. The molecule has 0 aliphatic heterocycles. The van der Waals surface area contributed by atoms with E-state index in [4.69, 9.17) is 5.73 Å². The highest BCUT2D eigenvalue weighted by Crippen LogP contribution is 2.48. The minimum atomic E-state index is -4.36. The van der Waals surface area contributed by atoms with Gasteiger partial charge in [-0.15, -0.1) is 12.4 Å². The van der Waals surface area contributed by atoms with Gasteiger partial charge in [-0.2, -0.15) is 13.2 Å². The smallest absolute Gasteiger partial charge is 0.355 e. The Kier molecular flexibility index (Phi) is 6.54. The fraction of sp³-hybridized carbons (Fsp3) is 0.350. The van der Waals surface area contributed by atoms with Gasteiger partial charge in [0.1, 0.15) is 0 Å². The molecule has 1 fully saturated rings. The van der Waals surface area contributed by atoms with Gasteiger partial charge in [0.15, 0.2) is 0 Å². The largest absolute Gasteiger partial charge is 0.416 e. The summed E-state index contributed by atoms with van der Waals surface area (Å²) in [6.45, 7) is 0.328. The van der Waals surface area contributed by atoms with Crippen LogP contribution in [0, 0.1) is 0 Å². The second-order valence-electron chi connectivity index (χ2n) is 6.86. The molecule has 1 aliphatic carbocycles. The van der Waals surface area contributed by atoms with Crippen LogP contribution in [0.1, 0.15) is 42.0 Å². The molecule has 146 valence electrons. The van der Waals surface area contributed by atoms with E-state index in [1.165, 1.54) is 12.1 Å². The summed E-state index contributed by atoms with van der Waals surface area (Å²) in [5.74, 6) is -0.195. The monoisotopic (exact) mass is 398 g/mol. The minimum absolute atomic E-state index is 0. The lowest BCUT2D eigenvalue weighted by molar-refractivity contribution is -0.137. The summed E-state index contributed by atoms with van der Waals surface area (Å²) in [6, 6.07) is 14.3. The van der Waals surface area contributed by atoms with Crippen molar-refractivity contribution in [3.63, 3.8) is 0 Å². The average molecular weight is 399 g/mol. The molecule has 1 saturated carbocycles. The van der Waals surface area contributed by atoms with Crippen LogP contribution >= 0.6 is 12.4 Å². The van der Waals surface area contributed by atoms with Crippen molar-refractivity contribution in [2.75, 3.05) is 6.54 Å². The quantitative estimate of drug-likeness (QED) is 0.759. The zero-order valence-corrected chi connectivity index (χ0v) is 15.4. The number of benzene rings is 2. The lowest BCUT2D eigenvalue weighted by Gasteiger charge is -2.19. The van der Waals surface area contributed by atoms with Gasteiger partial charge in [0.25, 0.3) is 0 Å². The van der Waals surface area contributed by atoms with Crippen LogP contribution < -0.4 is 11.1 Å². The maximum atomic E-state index is 12.9. The highest BCUT2D eigenvalue weighted by molar-refractivity contribution is 5.85. The molecule has 7 heteroatoms. The molecule has 2 aromatic carbocycles. The van der Waals surface area contributed by atoms with Crippen molar-refractivity contribution < 1.29 is 18.0 Å². The number of carbonyl (C=O) groups is 1. The number of alkyl halides is 3. The predicted molar refractivity (Wildman–Crippen MR) is 101 cm³/mol. The topological polar surface area (TPSA) is 55.1 Å². The molecule has 0 aromatic heterocycles. The zero-order valence-electron chi connectivity index (χ0n) is 14.6. The van der Waals surface area contributed by atoms with E-state index in [0.29, 0.717) is 12.1 Å². The molecule has 27 heavy (non-hydrogen) atoms. The Labute approximate surface area is 162 Å². The summed E-state index contributed by atoms with van der Waals surface area (Å²) >= 11 is 0. The molecule has 3 rings (SSSR count). The third-order valence-electron chi connectivity index (χ3n) is 4.91. The third kappa shape index (κ3) is 5.23. The number of nitrogens with two attached hydrogens (primary N) is 1. The lowest BCUT2D eigenvalue weighted by atomic mass is 9.94. The van der Waals surface area contributed by atoms with Crippen molar-refractivity contribution in [1.82, 2.24) is 5.32 Å². The van der Waals surface area contributed by atoms with Crippen molar-refractivity contribution in [2.45, 2.75) is 36.9 Å². The first-order chi connectivity index (χ1) is 12.3. The molecule has 0 radical (unpaired) electrons. The number of nitrogens with one attached hydrogen (secondary N) is 1. The normalized spacial score (nSPS) is 16.1. The summed E-state index contributed by atoms with van der Waals surface area (Å²) in [5, 5.41) is 2.84. The first-order valence-electron chi connectivity index (χ1n) is 8.55. The summed E-state index contributed by atoms with van der Waals surface area (Å²) < 4.78 is 38.7. The minimum Gasteiger partial charge on any atom is -0.355 e. The van der Waals surface area contributed by atoms with E-state index in [0.717, 1.165) is 24.5 Å². The van der Waals surface area contributed by atoms with E-state index < -0.39 is 23.2 Å². The van der Waals surface area contributed by atoms with E-state index in [-0.39, 0.29) is 24.7 Å². The van der Waals surface area contributed by atoms with Gasteiger partial charge in [0.05, 0.1) is 5.56 Å². The Morgan fingerprint density at radius 1 is 1.11 bits per heavy atom. The van der Waals surface area contributed by atoms with Crippen LogP contribution in [0.3, 0.4) is 0 Å². The highest BCUT2D eigenvalue weighted by atomic mass is 35.5. The first-order valence-corrected chi connectivity index (χ1v) is 8.55. The summed E-state index contributed by atoms with van der Waals surface area (Å²) in [4.78, 5) is 12.2. The van der Waals surface area contributed by atoms with Crippen molar-refractivity contribution >= 4 is 18.3 Å². The Bertz CT molecular complexity index is 776. The second-order valence-corrected chi connectivity index (χ2v) is 6.86. The lowest BCUT2D eigenvalue weighted by Crippen LogP contribution is -2.34. The van der Waals surface area contributed by atoms with Crippen LogP contribution in [-0.2, 0) is 16.4 Å². The number of hydrogen-bond donors (Lipinski definition) is 2. The molecular formula is C20H22ClF3N2O. The molecule has 3 N–H and O–H groups in total. The number of halogens is 4. The van der Waals surface area contributed by atoms with Crippen LogP contribution in [0.4, 0.5) is 13.2 Å². The molecule has 0 spiro atoms. The van der Waals surface area contributed by atoms with Gasteiger partial charge in [-0.05, 0) is 30.0 Å². The van der Waals surface area contributed by atoms with E-state index in [1.807, 2.05) is 30.3 Å². The van der Waals surface area contributed by atoms with E-state index in [1.54, 1.807) is 6.07 Å². The Morgan fingerprint density at radius 3 is 2.37 bits per heavy atom. The fourth-order valence-corrected chi connectivity index (χ4v) is 3.10. The van der Waals surface area contributed by atoms with Crippen LogP contribution in [-0.4, -0.2) is 12.5 Å². The molecule has 1 amide bonds. The highest BCUT2D eigenvalue weighted by Gasteiger charge is 2.45. The number of rotatable bonds is 6. The predicted octanol–water partition coefficient (Wildman–Crippen LogP) is 4.37. The Hall–Kier alpha value is -2.05. The molecular weight excluding hydrogens is 377 g/mol. The summed E-state index contributed by atoms with van der Waals surface area (Å²) in [6.07, 6.45) is -2.70. The van der Waals surface area contributed by atoms with Crippen LogP contribution in [0.25, 0.3) is 0 Å². The van der Waals surface area contributed by atoms with E-state index in [9.17, 15) is 18.0 Å². The summed E-state index contributed by atoms with van der Waals surface area (Å²) in [7, 11) is 0. The van der Waals surface area contributed by atoms with Gasteiger partial charge < -0.3 is 11.1 Å². The van der Waals surface area contributed by atoms with Crippen molar-refractivity contribution in [2.24, 2.45) is 5.73 Å². The maximum absolute atomic E-state index is 12.9. The first kappa shape index (κ1) is 21.3. The van der Waals surface area contributed by atoms with Crippen LogP contribution in [0.15, 0.2) is 54.6 Å². The van der Waals surface area contributed by atoms with Crippen molar-refractivity contribution in [3.05, 3.63) is 71.3 Å². The third-order valence-corrected chi connectivity index (χ3v) is 4.91. The average Bonchev–Trinajstić information content (AvgIpc) is 3.41. The maximum Gasteiger partial charge on any atom is 0.416 e. The number of carbonyl (C=O) groups excluding carboxylic acids is 1. The summed E-state index contributed by atoms with van der Waals surface area (Å²) in [5.41, 5.74) is 6.50. The van der Waals surface area contributed by atoms with Gasteiger partial charge in [0.2, 0.25) is 5.91 Å². The second kappa shape index (κ2) is 8.31.